The summed E-state index contributed by atoms with van der Waals surface area (Å²) in [5.41, 5.74) is 2.95. The quantitative estimate of drug-likeness (QED) is 0.845. The molecule has 2 aliphatic rings. The van der Waals surface area contributed by atoms with Gasteiger partial charge in [0.05, 0.1) is 6.61 Å². The Labute approximate surface area is 103 Å². The number of benzene rings is 1. The molecular weight excluding hydrogens is 210 g/mol. The van der Waals surface area contributed by atoms with E-state index in [0.717, 1.165) is 30.7 Å². The molecule has 1 N–H and O–H groups in total. The van der Waals surface area contributed by atoms with Gasteiger partial charge in [-0.2, -0.15) is 0 Å². The summed E-state index contributed by atoms with van der Waals surface area (Å²) >= 11 is 0. The smallest absolute Gasteiger partial charge is 0.122 e. The molecule has 1 aromatic carbocycles. The highest BCUT2D eigenvalue weighted by Gasteiger charge is 2.22. The van der Waals surface area contributed by atoms with Crippen molar-refractivity contribution in [1.29, 1.82) is 0 Å². The number of ether oxygens (including phenoxy) is 1. The van der Waals surface area contributed by atoms with Crippen molar-refractivity contribution in [2.45, 2.75) is 44.1 Å². The largest absolute Gasteiger partial charge is 0.493 e. The maximum atomic E-state index is 5.57. The van der Waals surface area contributed by atoms with E-state index in [1.165, 1.54) is 36.8 Å². The van der Waals surface area contributed by atoms with Crippen molar-refractivity contribution >= 4 is 0 Å². The molecule has 1 heterocycles. The molecule has 1 aromatic rings. The van der Waals surface area contributed by atoms with Gasteiger partial charge in [0.2, 0.25) is 0 Å². The molecule has 0 unspecified atom stereocenters. The van der Waals surface area contributed by atoms with Gasteiger partial charge in [0.15, 0.2) is 0 Å². The van der Waals surface area contributed by atoms with E-state index in [0.29, 0.717) is 0 Å². The third-order valence-electron chi connectivity index (χ3n) is 4.32. The Balaban J connectivity index is 1.72. The summed E-state index contributed by atoms with van der Waals surface area (Å²) in [6, 6.07) is 7.56. The monoisotopic (exact) mass is 231 g/mol. The van der Waals surface area contributed by atoms with Crippen LogP contribution in [0.4, 0.5) is 0 Å². The van der Waals surface area contributed by atoms with Crippen LogP contribution in [0.25, 0.3) is 0 Å². The second kappa shape index (κ2) is 4.69. The summed E-state index contributed by atoms with van der Waals surface area (Å²) < 4.78 is 5.57. The van der Waals surface area contributed by atoms with Crippen molar-refractivity contribution in [3.05, 3.63) is 29.3 Å². The molecule has 3 rings (SSSR count). The summed E-state index contributed by atoms with van der Waals surface area (Å²) in [5, 5.41) is 3.40. The fourth-order valence-corrected chi connectivity index (χ4v) is 3.18. The molecule has 0 atom stereocenters. The van der Waals surface area contributed by atoms with Crippen LogP contribution in [0.15, 0.2) is 18.2 Å². The van der Waals surface area contributed by atoms with Gasteiger partial charge in [-0.25, -0.2) is 0 Å². The van der Waals surface area contributed by atoms with E-state index in [-0.39, 0.29) is 0 Å². The summed E-state index contributed by atoms with van der Waals surface area (Å²) in [4.78, 5) is 0. The summed E-state index contributed by atoms with van der Waals surface area (Å²) in [5.74, 6) is 1.88. The number of hydrogen-bond acceptors (Lipinski definition) is 2. The molecule has 1 fully saturated rings. The van der Waals surface area contributed by atoms with Crippen LogP contribution in [0.2, 0.25) is 0 Å². The Kier molecular flexibility index (Phi) is 3.06. The van der Waals surface area contributed by atoms with Crippen LogP contribution in [-0.4, -0.2) is 19.7 Å². The highest BCUT2D eigenvalue weighted by atomic mass is 16.5. The van der Waals surface area contributed by atoms with Crippen LogP contribution in [0.5, 0.6) is 5.75 Å². The van der Waals surface area contributed by atoms with Crippen LogP contribution < -0.4 is 10.1 Å². The van der Waals surface area contributed by atoms with Gasteiger partial charge in [-0.1, -0.05) is 12.1 Å². The Hall–Kier alpha value is -1.02. The lowest BCUT2D eigenvalue weighted by Crippen LogP contribution is -2.29. The number of hydrogen-bond donors (Lipinski definition) is 1. The Morgan fingerprint density at radius 3 is 2.76 bits per heavy atom. The van der Waals surface area contributed by atoms with Gasteiger partial charge in [-0.15, -0.1) is 0 Å². The molecule has 0 spiro atoms. The van der Waals surface area contributed by atoms with Gasteiger partial charge >= 0.3 is 0 Å². The first-order valence-corrected chi connectivity index (χ1v) is 6.79. The second-order valence-corrected chi connectivity index (χ2v) is 5.30. The SMILES string of the molecule is CNC1CCC(c2ccc3c(c2)CCO3)CC1. The average molecular weight is 231 g/mol. The lowest BCUT2D eigenvalue weighted by atomic mass is 9.81. The van der Waals surface area contributed by atoms with Crippen LogP contribution in [0.1, 0.15) is 42.7 Å². The third-order valence-corrected chi connectivity index (χ3v) is 4.32. The minimum Gasteiger partial charge on any atom is -0.493 e. The first-order chi connectivity index (χ1) is 8.36. The van der Waals surface area contributed by atoms with E-state index in [9.17, 15) is 0 Å². The van der Waals surface area contributed by atoms with Crippen molar-refractivity contribution in [3.8, 4) is 5.75 Å². The molecule has 1 aliphatic heterocycles. The topological polar surface area (TPSA) is 21.3 Å². The van der Waals surface area contributed by atoms with Crippen LogP contribution in [-0.2, 0) is 6.42 Å². The van der Waals surface area contributed by atoms with E-state index in [1.54, 1.807) is 0 Å². The number of nitrogens with one attached hydrogen (secondary N) is 1. The lowest BCUT2D eigenvalue weighted by molar-refractivity contribution is 0.355. The van der Waals surface area contributed by atoms with E-state index >= 15 is 0 Å². The van der Waals surface area contributed by atoms with Crippen molar-refractivity contribution in [3.63, 3.8) is 0 Å². The predicted octanol–water partition coefficient (Wildman–Crippen LogP) is 2.87. The predicted molar refractivity (Wildman–Crippen MR) is 69.7 cm³/mol. The molecule has 0 bridgehead atoms. The van der Waals surface area contributed by atoms with E-state index < -0.39 is 0 Å². The molecule has 0 aromatic heterocycles. The summed E-state index contributed by atoms with van der Waals surface area (Å²) in [7, 11) is 2.08. The van der Waals surface area contributed by atoms with Crippen molar-refractivity contribution in [2.75, 3.05) is 13.7 Å². The Morgan fingerprint density at radius 2 is 2.00 bits per heavy atom. The van der Waals surface area contributed by atoms with Gasteiger partial charge < -0.3 is 10.1 Å². The Morgan fingerprint density at radius 1 is 1.18 bits per heavy atom. The van der Waals surface area contributed by atoms with Crippen LogP contribution in [0, 0.1) is 0 Å². The zero-order valence-electron chi connectivity index (χ0n) is 10.5. The van der Waals surface area contributed by atoms with Crippen LogP contribution >= 0.6 is 0 Å². The normalized spacial score (nSPS) is 27.6. The molecule has 0 amide bonds. The van der Waals surface area contributed by atoms with Gasteiger partial charge in [-0.05, 0) is 55.8 Å². The fourth-order valence-electron chi connectivity index (χ4n) is 3.18. The molecule has 92 valence electrons. The van der Waals surface area contributed by atoms with Gasteiger partial charge in [0.1, 0.15) is 5.75 Å². The minimum absolute atomic E-state index is 0.740. The van der Waals surface area contributed by atoms with E-state index in [1.807, 2.05) is 0 Å². The highest BCUT2D eigenvalue weighted by Crippen LogP contribution is 2.36. The molecule has 17 heavy (non-hydrogen) atoms. The summed E-state index contributed by atoms with van der Waals surface area (Å²) in [6.45, 7) is 0.866. The molecule has 1 saturated carbocycles. The first-order valence-electron chi connectivity index (χ1n) is 6.79. The molecule has 1 aliphatic carbocycles. The maximum absolute atomic E-state index is 5.57. The maximum Gasteiger partial charge on any atom is 0.122 e. The molecule has 2 heteroatoms. The minimum atomic E-state index is 0.740. The van der Waals surface area contributed by atoms with E-state index in [2.05, 4.69) is 30.6 Å². The van der Waals surface area contributed by atoms with Crippen LogP contribution in [0.3, 0.4) is 0 Å². The molecular formula is C15H21NO. The van der Waals surface area contributed by atoms with Gasteiger partial charge in [0, 0.05) is 12.5 Å². The standard InChI is InChI=1S/C15H21NO/c1-16-14-5-2-11(3-6-14)12-4-7-15-13(10-12)8-9-17-15/h4,7,10-11,14,16H,2-3,5-6,8-9H2,1H3. The number of fused-ring (bicyclic) bond motifs is 1. The zero-order chi connectivity index (χ0) is 11.7. The second-order valence-electron chi connectivity index (χ2n) is 5.30. The number of rotatable bonds is 2. The molecule has 0 radical (unpaired) electrons. The highest BCUT2D eigenvalue weighted by molar-refractivity contribution is 5.41. The van der Waals surface area contributed by atoms with Crippen molar-refractivity contribution in [1.82, 2.24) is 5.32 Å². The fraction of sp³-hybridized carbons (Fsp3) is 0.600. The van der Waals surface area contributed by atoms with Gasteiger partial charge in [-0.3, -0.25) is 0 Å². The first kappa shape index (κ1) is 11.1. The van der Waals surface area contributed by atoms with E-state index in [4.69, 9.17) is 4.74 Å². The zero-order valence-corrected chi connectivity index (χ0v) is 10.5. The third kappa shape index (κ3) is 2.19. The van der Waals surface area contributed by atoms with Crippen molar-refractivity contribution in [2.24, 2.45) is 0 Å². The Bertz CT molecular complexity index is 394. The average Bonchev–Trinajstić information content (AvgIpc) is 2.86. The molecule has 2 nitrogen and oxygen atoms in total. The van der Waals surface area contributed by atoms with Gasteiger partial charge in [0.25, 0.3) is 0 Å². The van der Waals surface area contributed by atoms with Crippen molar-refractivity contribution < 1.29 is 4.74 Å². The molecule has 0 saturated heterocycles. The lowest BCUT2D eigenvalue weighted by Gasteiger charge is -2.28. The summed E-state index contributed by atoms with van der Waals surface area (Å²) in [6.07, 6.45) is 6.37.